The van der Waals surface area contributed by atoms with Crippen LogP contribution < -0.4 is 9.64 Å². The maximum Gasteiger partial charge on any atom is 0.253 e. The second kappa shape index (κ2) is 7.18. The van der Waals surface area contributed by atoms with Crippen LogP contribution in [0.1, 0.15) is 35.2 Å². The zero-order chi connectivity index (χ0) is 17.1. The summed E-state index contributed by atoms with van der Waals surface area (Å²) in [4.78, 5) is 17.1. The molecule has 0 atom stereocenters. The number of rotatable bonds is 3. The minimum atomic E-state index is 0.170. The van der Waals surface area contributed by atoms with Gasteiger partial charge in [-0.25, -0.2) is 0 Å². The van der Waals surface area contributed by atoms with Crippen molar-refractivity contribution in [3.8, 4) is 5.75 Å². The molecule has 2 aromatic rings. The van der Waals surface area contributed by atoms with Crippen LogP contribution in [0.4, 0.5) is 5.69 Å². The van der Waals surface area contributed by atoms with Gasteiger partial charge in [0.1, 0.15) is 12.4 Å². The molecule has 130 valence electrons. The van der Waals surface area contributed by atoms with Gasteiger partial charge in [-0.05, 0) is 49.1 Å². The van der Waals surface area contributed by atoms with Crippen molar-refractivity contribution >= 4 is 11.6 Å². The molecule has 4 rings (SSSR count). The highest BCUT2D eigenvalue weighted by Gasteiger charge is 2.20. The molecule has 1 saturated heterocycles. The van der Waals surface area contributed by atoms with Gasteiger partial charge in [0.15, 0.2) is 0 Å². The molecule has 0 spiro atoms. The summed E-state index contributed by atoms with van der Waals surface area (Å²) in [6.45, 7) is 4.13. The fraction of sp³-hybridized carbons (Fsp3) is 0.381. The summed E-state index contributed by atoms with van der Waals surface area (Å²) in [5, 5.41) is 0. The van der Waals surface area contributed by atoms with E-state index in [-0.39, 0.29) is 5.91 Å². The second-order valence-electron chi connectivity index (χ2n) is 6.79. The quantitative estimate of drug-likeness (QED) is 0.856. The number of nitrogens with zero attached hydrogens (tertiary/aromatic N) is 2. The highest BCUT2D eigenvalue weighted by molar-refractivity contribution is 5.94. The van der Waals surface area contributed by atoms with Gasteiger partial charge in [-0.1, -0.05) is 24.3 Å². The molecule has 0 radical (unpaired) electrons. The maximum atomic E-state index is 12.7. The molecule has 2 heterocycles. The monoisotopic (exact) mass is 336 g/mol. The third kappa shape index (κ3) is 3.48. The molecule has 0 aliphatic carbocycles. The lowest BCUT2D eigenvalue weighted by molar-refractivity contribution is 0.0724. The lowest BCUT2D eigenvalue weighted by atomic mass is 10.1. The Balaban J connectivity index is 1.51. The molecule has 1 fully saturated rings. The number of benzene rings is 2. The molecule has 0 N–H and O–H groups in total. The van der Waals surface area contributed by atoms with Gasteiger partial charge in [0, 0.05) is 25.2 Å². The summed E-state index contributed by atoms with van der Waals surface area (Å²) < 4.78 is 5.73. The van der Waals surface area contributed by atoms with Gasteiger partial charge in [0.05, 0.1) is 12.2 Å². The zero-order valence-corrected chi connectivity index (χ0v) is 14.5. The van der Waals surface area contributed by atoms with E-state index in [0.717, 1.165) is 56.0 Å². The van der Waals surface area contributed by atoms with E-state index in [4.69, 9.17) is 4.74 Å². The first-order valence-electron chi connectivity index (χ1n) is 9.16. The van der Waals surface area contributed by atoms with Crippen LogP contribution in [0.5, 0.6) is 5.75 Å². The lowest BCUT2D eigenvalue weighted by Crippen LogP contribution is -2.35. The highest BCUT2D eigenvalue weighted by atomic mass is 16.5. The summed E-state index contributed by atoms with van der Waals surface area (Å²) in [6, 6.07) is 16.2. The summed E-state index contributed by atoms with van der Waals surface area (Å²) in [7, 11) is 0. The molecule has 2 aliphatic rings. The van der Waals surface area contributed by atoms with E-state index >= 15 is 0 Å². The summed E-state index contributed by atoms with van der Waals surface area (Å²) in [5.41, 5.74) is 3.10. The molecule has 2 aromatic carbocycles. The summed E-state index contributed by atoms with van der Waals surface area (Å²) in [6.07, 6.45) is 3.48. The predicted octanol–water partition coefficient (Wildman–Crippen LogP) is 3.71. The number of likely N-dealkylation sites (tertiary alicyclic amines) is 1. The number of anilines is 1. The van der Waals surface area contributed by atoms with Gasteiger partial charge >= 0.3 is 0 Å². The van der Waals surface area contributed by atoms with Crippen LogP contribution in [0.2, 0.25) is 0 Å². The average Bonchev–Trinajstić information content (AvgIpc) is 2.69. The largest absolute Gasteiger partial charge is 0.490 e. The summed E-state index contributed by atoms with van der Waals surface area (Å²) in [5.74, 6) is 1.11. The van der Waals surface area contributed by atoms with E-state index in [0.29, 0.717) is 6.61 Å². The Morgan fingerprint density at radius 3 is 2.68 bits per heavy atom. The highest BCUT2D eigenvalue weighted by Crippen LogP contribution is 2.32. The molecular formula is C21H24N2O2. The van der Waals surface area contributed by atoms with E-state index in [1.807, 2.05) is 35.2 Å². The third-order valence-corrected chi connectivity index (χ3v) is 5.02. The molecule has 0 bridgehead atoms. The van der Waals surface area contributed by atoms with Crippen molar-refractivity contribution in [2.45, 2.75) is 25.8 Å². The van der Waals surface area contributed by atoms with Crippen LogP contribution in [-0.2, 0) is 6.54 Å². The van der Waals surface area contributed by atoms with Crippen LogP contribution in [0.3, 0.4) is 0 Å². The number of amides is 1. The van der Waals surface area contributed by atoms with E-state index in [1.165, 1.54) is 12.0 Å². The van der Waals surface area contributed by atoms with Gasteiger partial charge < -0.3 is 14.5 Å². The van der Waals surface area contributed by atoms with Crippen LogP contribution in [0, 0.1) is 0 Å². The first-order valence-corrected chi connectivity index (χ1v) is 9.16. The van der Waals surface area contributed by atoms with Gasteiger partial charge in [0.25, 0.3) is 5.91 Å². The van der Waals surface area contributed by atoms with Gasteiger partial charge in [-0.3, -0.25) is 4.79 Å². The van der Waals surface area contributed by atoms with E-state index in [9.17, 15) is 4.79 Å². The number of hydrogen-bond acceptors (Lipinski definition) is 3. The second-order valence-corrected chi connectivity index (χ2v) is 6.79. The molecule has 0 aromatic heterocycles. The van der Waals surface area contributed by atoms with Gasteiger partial charge in [0.2, 0.25) is 0 Å². The Bertz CT molecular complexity index is 753. The molecule has 4 heteroatoms. The topological polar surface area (TPSA) is 32.8 Å². The number of fused-ring (bicyclic) bond motifs is 1. The first kappa shape index (κ1) is 16.0. The van der Waals surface area contributed by atoms with Gasteiger partial charge in [-0.2, -0.15) is 0 Å². The molecule has 0 saturated carbocycles. The molecular weight excluding hydrogens is 312 g/mol. The Labute approximate surface area is 149 Å². The van der Waals surface area contributed by atoms with Crippen LogP contribution in [0.25, 0.3) is 0 Å². The number of para-hydroxylation sites is 2. The lowest BCUT2D eigenvalue weighted by Gasteiger charge is -2.31. The number of hydrogen-bond donors (Lipinski definition) is 0. The van der Waals surface area contributed by atoms with Crippen LogP contribution >= 0.6 is 0 Å². The predicted molar refractivity (Wildman–Crippen MR) is 99.2 cm³/mol. The first-order chi connectivity index (χ1) is 12.3. The fourth-order valence-corrected chi connectivity index (χ4v) is 3.69. The Morgan fingerprint density at radius 2 is 1.80 bits per heavy atom. The average molecular weight is 336 g/mol. The molecule has 4 nitrogen and oxygen atoms in total. The van der Waals surface area contributed by atoms with E-state index < -0.39 is 0 Å². The van der Waals surface area contributed by atoms with Crippen molar-refractivity contribution in [1.82, 2.24) is 4.90 Å². The Morgan fingerprint density at radius 1 is 0.960 bits per heavy atom. The smallest absolute Gasteiger partial charge is 0.253 e. The van der Waals surface area contributed by atoms with Crippen molar-refractivity contribution in [3.05, 3.63) is 59.7 Å². The number of ether oxygens (including phenoxy) is 1. The zero-order valence-electron chi connectivity index (χ0n) is 14.5. The minimum Gasteiger partial charge on any atom is -0.490 e. The molecule has 25 heavy (non-hydrogen) atoms. The van der Waals surface area contributed by atoms with Crippen molar-refractivity contribution in [3.63, 3.8) is 0 Å². The van der Waals surface area contributed by atoms with Crippen LogP contribution in [-0.4, -0.2) is 37.0 Å². The fourth-order valence-electron chi connectivity index (χ4n) is 3.69. The Kier molecular flexibility index (Phi) is 4.59. The molecule has 0 unspecified atom stereocenters. The number of piperidine rings is 1. The molecule has 2 aliphatic heterocycles. The normalized spacial score (nSPS) is 17.0. The van der Waals surface area contributed by atoms with E-state index in [2.05, 4.69) is 23.1 Å². The van der Waals surface area contributed by atoms with Crippen molar-refractivity contribution in [2.24, 2.45) is 0 Å². The van der Waals surface area contributed by atoms with Gasteiger partial charge in [-0.15, -0.1) is 0 Å². The SMILES string of the molecule is O=C(c1cccc(CN2CCOc3ccccc32)c1)N1CCCCC1. The number of carbonyl (C=O) groups is 1. The third-order valence-electron chi connectivity index (χ3n) is 5.02. The standard InChI is InChI=1S/C21H24N2O2/c24-21(22-11-4-1-5-12-22)18-8-6-7-17(15-18)16-23-13-14-25-20-10-3-2-9-19(20)23/h2-3,6-10,15H,1,4-5,11-14,16H2. The minimum absolute atomic E-state index is 0.170. The van der Waals surface area contributed by atoms with Crippen molar-refractivity contribution < 1.29 is 9.53 Å². The maximum absolute atomic E-state index is 12.7. The molecule has 1 amide bonds. The van der Waals surface area contributed by atoms with Crippen molar-refractivity contribution in [2.75, 3.05) is 31.1 Å². The van der Waals surface area contributed by atoms with Crippen molar-refractivity contribution in [1.29, 1.82) is 0 Å². The number of carbonyl (C=O) groups excluding carboxylic acids is 1. The Hall–Kier alpha value is -2.49. The van der Waals surface area contributed by atoms with Crippen LogP contribution in [0.15, 0.2) is 48.5 Å². The summed E-state index contributed by atoms with van der Waals surface area (Å²) >= 11 is 0. The van der Waals surface area contributed by atoms with E-state index in [1.54, 1.807) is 0 Å².